The second-order valence-electron chi connectivity index (χ2n) is 7.72. The van der Waals surface area contributed by atoms with E-state index in [-0.39, 0.29) is 24.9 Å². The van der Waals surface area contributed by atoms with Crippen LogP contribution in [-0.2, 0) is 9.53 Å². The van der Waals surface area contributed by atoms with E-state index < -0.39 is 11.8 Å². The van der Waals surface area contributed by atoms with E-state index in [1.807, 2.05) is 21.0 Å². The highest BCUT2D eigenvalue weighted by molar-refractivity contribution is 6.35. The molecule has 1 aliphatic heterocycles. The molecule has 3 rings (SSSR count). The van der Waals surface area contributed by atoms with Crippen molar-refractivity contribution < 1.29 is 18.7 Å². The molecule has 1 aromatic carbocycles. The third-order valence-electron chi connectivity index (χ3n) is 5.25. The van der Waals surface area contributed by atoms with Gasteiger partial charge in [-0.15, -0.1) is 12.4 Å². The lowest BCUT2D eigenvalue weighted by Crippen LogP contribution is -2.29. The third kappa shape index (κ3) is 4.99. The smallest absolute Gasteiger partial charge is 0.340 e. The van der Waals surface area contributed by atoms with Gasteiger partial charge in [0.15, 0.2) is 0 Å². The molecule has 1 aromatic heterocycles. The molecule has 0 radical (unpaired) electrons. The Morgan fingerprint density at radius 2 is 2.00 bits per heavy atom. The number of anilines is 1. The first-order valence-electron chi connectivity index (χ1n) is 10.1. The lowest BCUT2D eigenvalue weighted by atomic mass is 10.0. The van der Waals surface area contributed by atoms with Crippen molar-refractivity contribution in [2.24, 2.45) is 0 Å². The standard InChI is InChI=1S/C23H28FN3O3.ClH/c1-6-30-23(29)21-14(2)19(25-15(21)3)13-18-17-12-16(24)8-9-20(17)27(22(18)28)11-7-10-26(4)5;/h8-9,12-13,25H,6-7,10-11H2,1-5H3;1H/b18-13-;. The van der Waals surface area contributed by atoms with Gasteiger partial charge in [-0.25, -0.2) is 9.18 Å². The number of hydrogen-bond acceptors (Lipinski definition) is 4. The van der Waals surface area contributed by atoms with E-state index in [0.717, 1.165) is 13.0 Å². The molecule has 2 aromatic rings. The Morgan fingerprint density at radius 3 is 2.65 bits per heavy atom. The van der Waals surface area contributed by atoms with Crippen LogP contribution in [0.4, 0.5) is 10.1 Å². The zero-order valence-electron chi connectivity index (χ0n) is 18.5. The third-order valence-corrected chi connectivity index (χ3v) is 5.25. The molecule has 0 fully saturated rings. The highest BCUT2D eigenvalue weighted by Gasteiger charge is 2.33. The molecule has 8 heteroatoms. The number of ether oxygens (including phenoxy) is 1. The summed E-state index contributed by atoms with van der Waals surface area (Å²) in [6.07, 6.45) is 2.51. The summed E-state index contributed by atoms with van der Waals surface area (Å²) in [5.41, 5.74) is 4.17. The van der Waals surface area contributed by atoms with Gasteiger partial charge in [-0.2, -0.15) is 0 Å². The normalized spacial score (nSPS) is 14.2. The second kappa shape index (κ2) is 10.1. The number of benzene rings is 1. The van der Waals surface area contributed by atoms with Crippen molar-refractivity contribution in [2.45, 2.75) is 27.2 Å². The number of nitrogens with zero attached hydrogens (tertiary/aromatic N) is 2. The fourth-order valence-electron chi connectivity index (χ4n) is 3.81. The number of esters is 1. The first-order valence-corrected chi connectivity index (χ1v) is 10.1. The van der Waals surface area contributed by atoms with E-state index in [0.29, 0.717) is 45.9 Å². The number of carbonyl (C=O) groups excluding carboxylic acids is 2. The first kappa shape index (κ1) is 24.6. The highest BCUT2D eigenvalue weighted by Crippen LogP contribution is 2.38. The van der Waals surface area contributed by atoms with E-state index in [4.69, 9.17) is 4.74 Å². The topological polar surface area (TPSA) is 65.6 Å². The maximum atomic E-state index is 14.0. The van der Waals surface area contributed by atoms with Crippen LogP contribution in [0.5, 0.6) is 0 Å². The van der Waals surface area contributed by atoms with E-state index >= 15 is 0 Å². The molecule has 1 aliphatic rings. The molecular weight excluding hydrogens is 421 g/mol. The average Bonchev–Trinajstić information content (AvgIpc) is 3.09. The van der Waals surface area contributed by atoms with Crippen LogP contribution in [-0.4, -0.2) is 55.6 Å². The summed E-state index contributed by atoms with van der Waals surface area (Å²) in [6.45, 7) is 7.03. The van der Waals surface area contributed by atoms with Crippen molar-refractivity contribution in [2.75, 3.05) is 38.7 Å². The number of rotatable bonds is 7. The lowest BCUT2D eigenvalue weighted by Gasteiger charge is -2.18. The molecule has 6 nitrogen and oxygen atoms in total. The van der Waals surface area contributed by atoms with Crippen LogP contribution in [0.2, 0.25) is 0 Å². The van der Waals surface area contributed by atoms with Crippen LogP contribution in [0.1, 0.15) is 46.2 Å². The number of halogens is 2. The van der Waals surface area contributed by atoms with Crippen molar-refractivity contribution in [3.63, 3.8) is 0 Å². The van der Waals surface area contributed by atoms with Gasteiger partial charge in [-0.3, -0.25) is 4.79 Å². The molecule has 1 amide bonds. The van der Waals surface area contributed by atoms with Gasteiger partial charge in [-0.05, 0) is 77.7 Å². The Morgan fingerprint density at radius 1 is 1.29 bits per heavy atom. The number of aromatic amines is 1. The lowest BCUT2D eigenvalue weighted by molar-refractivity contribution is -0.113. The van der Waals surface area contributed by atoms with E-state index in [1.54, 1.807) is 30.9 Å². The molecular formula is C23H29ClFN3O3. The number of amides is 1. The van der Waals surface area contributed by atoms with Gasteiger partial charge in [0.1, 0.15) is 5.82 Å². The number of H-pyrrole nitrogens is 1. The predicted octanol–water partition coefficient (Wildman–Crippen LogP) is 4.21. The maximum Gasteiger partial charge on any atom is 0.340 e. The minimum absolute atomic E-state index is 0. The van der Waals surface area contributed by atoms with Crippen LogP contribution < -0.4 is 4.90 Å². The van der Waals surface area contributed by atoms with Crippen molar-refractivity contribution >= 4 is 41.6 Å². The van der Waals surface area contributed by atoms with Gasteiger partial charge < -0.3 is 19.5 Å². The van der Waals surface area contributed by atoms with E-state index in [1.165, 1.54) is 12.1 Å². The molecule has 1 N–H and O–H groups in total. The highest BCUT2D eigenvalue weighted by atomic mass is 35.5. The molecule has 0 aliphatic carbocycles. The van der Waals surface area contributed by atoms with Gasteiger partial charge in [0.05, 0.1) is 23.4 Å². The van der Waals surface area contributed by atoms with Crippen LogP contribution >= 0.6 is 12.4 Å². The Labute approximate surface area is 188 Å². The van der Waals surface area contributed by atoms with E-state index in [2.05, 4.69) is 9.88 Å². The van der Waals surface area contributed by atoms with Crippen molar-refractivity contribution in [3.05, 3.63) is 52.1 Å². The van der Waals surface area contributed by atoms with Crippen LogP contribution in [0.3, 0.4) is 0 Å². The average molecular weight is 450 g/mol. The molecule has 0 atom stereocenters. The molecule has 0 spiro atoms. The number of aryl methyl sites for hydroxylation is 1. The Hall–Kier alpha value is -2.64. The minimum Gasteiger partial charge on any atom is -0.462 e. The van der Waals surface area contributed by atoms with Gasteiger partial charge in [0, 0.05) is 23.5 Å². The van der Waals surface area contributed by atoms with E-state index in [9.17, 15) is 14.0 Å². The predicted molar refractivity (Wildman–Crippen MR) is 123 cm³/mol. The Kier molecular flexibility index (Phi) is 8.03. The summed E-state index contributed by atoms with van der Waals surface area (Å²) in [6, 6.07) is 4.41. The summed E-state index contributed by atoms with van der Waals surface area (Å²) in [5, 5.41) is 0. The summed E-state index contributed by atoms with van der Waals surface area (Å²) in [5.74, 6) is -0.962. The molecule has 0 saturated heterocycles. The first-order chi connectivity index (χ1) is 14.2. The monoisotopic (exact) mass is 449 g/mol. The molecule has 0 saturated carbocycles. The fourth-order valence-corrected chi connectivity index (χ4v) is 3.81. The molecule has 2 heterocycles. The van der Waals surface area contributed by atoms with Gasteiger partial charge in [0.25, 0.3) is 5.91 Å². The summed E-state index contributed by atoms with van der Waals surface area (Å²) >= 11 is 0. The maximum absolute atomic E-state index is 14.0. The van der Waals surface area contributed by atoms with Gasteiger partial charge in [0.2, 0.25) is 0 Å². The number of fused-ring (bicyclic) bond motifs is 1. The van der Waals surface area contributed by atoms with Gasteiger partial charge in [-0.1, -0.05) is 0 Å². The quantitative estimate of drug-likeness (QED) is 0.508. The van der Waals surface area contributed by atoms with Crippen LogP contribution in [0.25, 0.3) is 11.6 Å². The fraction of sp³-hybridized carbons (Fsp3) is 0.391. The summed E-state index contributed by atoms with van der Waals surface area (Å²) < 4.78 is 19.1. The minimum atomic E-state index is -0.400. The SMILES string of the molecule is CCOC(=O)c1c(C)[nH]c(/C=C2\C(=O)N(CCCN(C)C)c3ccc(F)cc32)c1C.Cl. The molecule has 0 unspecified atom stereocenters. The second-order valence-corrected chi connectivity index (χ2v) is 7.72. The number of hydrogen-bond donors (Lipinski definition) is 1. The summed E-state index contributed by atoms with van der Waals surface area (Å²) in [4.78, 5) is 32.4. The molecule has 0 bridgehead atoms. The summed E-state index contributed by atoms with van der Waals surface area (Å²) in [7, 11) is 3.97. The van der Waals surface area contributed by atoms with Crippen molar-refractivity contribution in [1.82, 2.24) is 9.88 Å². The molecule has 31 heavy (non-hydrogen) atoms. The molecule has 168 valence electrons. The zero-order valence-corrected chi connectivity index (χ0v) is 19.4. The van der Waals surface area contributed by atoms with Crippen molar-refractivity contribution in [1.29, 1.82) is 0 Å². The number of aromatic nitrogens is 1. The van der Waals surface area contributed by atoms with Crippen LogP contribution in [0, 0.1) is 19.7 Å². The zero-order chi connectivity index (χ0) is 22.0. The van der Waals surface area contributed by atoms with Gasteiger partial charge >= 0.3 is 5.97 Å². The number of nitrogens with one attached hydrogen (secondary N) is 1. The van der Waals surface area contributed by atoms with Crippen molar-refractivity contribution in [3.8, 4) is 0 Å². The largest absolute Gasteiger partial charge is 0.462 e. The Balaban J connectivity index is 0.00000341. The number of carbonyl (C=O) groups is 2. The van der Waals surface area contributed by atoms with Crippen LogP contribution in [0.15, 0.2) is 18.2 Å². The Bertz CT molecular complexity index is 1010.